The van der Waals surface area contributed by atoms with Gasteiger partial charge >= 0.3 is 6.03 Å². The quantitative estimate of drug-likeness (QED) is 0.789. The second kappa shape index (κ2) is 7.80. The molecule has 7 heteroatoms. The van der Waals surface area contributed by atoms with Crippen molar-refractivity contribution in [2.45, 2.75) is 50.0 Å². The van der Waals surface area contributed by atoms with Gasteiger partial charge in [0.25, 0.3) is 10.0 Å². The third-order valence-electron chi connectivity index (χ3n) is 5.67. The normalized spacial score (nSPS) is 15.3. The van der Waals surface area contributed by atoms with Gasteiger partial charge in [0.2, 0.25) is 0 Å². The number of nitrogens with one attached hydrogen (secondary N) is 2. The third-order valence-corrected chi connectivity index (χ3v) is 7.02. The molecule has 0 heterocycles. The largest absolute Gasteiger partial charge is 0.333 e. The summed E-state index contributed by atoms with van der Waals surface area (Å²) in [6.07, 6.45) is 6.06. The smallest absolute Gasteiger partial charge is 0.307 e. The van der Waals surface area contributed by atoms with Crippen LogP contribution in [0.2, 0.25) is 0 Å². The number of hydrogen-bond donors (Lipinski definition) is 2. The monoisotopic (exact) mass is 413 g/mol. The average Bonchev–Trinajstić information content (AvgIpc) is 3.30. The lowest BCUT2D eigenvalue weighted by atomic mass is 9.99. The first-order valence-corrected chi connectivity index (χ1v) is 11.6. The number of nitrogens with zero attached hydrogens (tertiary/aromatic N) is 1. The highest BCUT2D eigenvalue weighted by molar-refractivity contribution is 7.90. The van der Waals surface area contributed by atoms with Gasteiger partial charge in [-0.3, -0.25) is 0 Å². The summed E-state index contributed by atoms with van der Waals surface area (Å²) in [6.45, 7) is 0.721. The first kappa shape index (κ1) is 19.9. The fraction of sp³-hybridized carbons (Fsp3) is 0.409. The first-order chi connectivity index (χ1) is 13.8. The van der Waals surface area contributed by atoms with E-state index >= 15 is 0 Å². The summed E-state index contributed by atoms with van der Waals surface area (Å²) in [4.78, 5) is 14.7. The average molecular weight is 414 g/mol. The number of fused-ring (bicyclic) bond motifs is 2. The molecule has 0 spiro atoms. The Bertz CT molecular complexity index is 1010. The molecule has 4 rings (SSSR count). The van der Waals surface area contributed by atoms with E-state index < -0.39 is 16.1 Å². The van der Waals surface area contributed by atoms with Crippen molar-refractivity contribution in [1.82, 2.24) is 9.62 Å². The third kappa shape index (κ3) is 4.16. The minimum absolute atomic E-state index is 0.0821. The molecule has 0 radical (unpaired) electrons. The molecular formula is C22H27N3O3S. The second-order valence-corrected chi connectivity index (χ2v) is 9.86. The number of sulfonamides is 1. The maximum absolute atomic E-state index is 12.7. The summed E-state index contributed by atoms with van der Waals surface area (Å²) < 4.78 is 27.5. The van der Waals surface area contributed by atoms with Crippen molar-refractivity contribution < 1.29 is 13.2 Å². The molecular weight excluding hydrogens is 386 g/mol. The van der Waals surface area contributed by atoms with Crippen LogP contribution >= 0.6 is 0 Å². The Labute approximate surface area is 172 Å². The molecule has 2 aromatic carbocycles. The van der Waals surface area contributed by atoms with Crippen molar-refractivity contribution in [2.24, 2.45) is 0 Å². The summed E-state index contributed by atoms with van der Waals surface area (Å²) >= 11 is 0. The Morgan fingerprint density at radius 1 is 0.966 bits per heavy atom. The van der Waals surface area contributed by atoms with Crippen molar-refractivity contribution in [1.29, 1.82) is 0 Å². The van der Waals surface area contributed by atoms with E-state index in [0.717, 1.165) is 56.3 Å². The van der Waals surface area contributed by atoms with Gasteiger partial charge < -0.3 is 10.2 Å². The van der Waals surface area contributed by atoms with Gasteiger partial charge in [-0.1, -0.05) is 18.2 Å². The van der Waals surface area contributed by atoms with E-state index in [1.165, 1.54) is 34.4 Å². The standard InChI is InChI=1S/C22H27N3O3S/c1-25(2)14-15-9-11-18(12-10-15)29(27,28)24-22(26)23-21-19-7-3-5-16(19)13-17-6-4-8-20(17)21/h9-13H,3-8,14H2,1-2H3,(H2,23,24,26). The van der Waals surface area contributed by atoms with Gasteiger partial charge in [0, 0.05) is 12.2 Å². The fourth-order valence-electron chi connectivity index (χ4n) is 4.43. The molecule has 2 aliphatic carbocycles. The van der Waals surface area contributed by atoms with Crippen molar-refractivity contribution in [2.75, 3.05) is 19.4 Å². The van der Waals surface area contributed by atoms with Crippen LogP contribution in [0.15, 0.2) is 35.2 Å². The van der Waals surface area contributed by atoms with Crippen molar-refractivity contribution >= 4 is 21.7 Å². The molecule has 0 saturated heterocycles. The molecule has 0 bridgehead atoms. The molecule has 154 valence electrons. The predicted molar refractivity (Wildman–Crippen MR) is 114 cm³/mol. The molecule has 0 fully saturated rings. The van der Waals surface area contributed by atoms with Crippen LogP contribution in [0.25, 0.3) is 0 Å². The minimum atomic E-state index is -3.93. The zero-order chi connectivity index (χ0) is 20.6. The van der Waals surface area contributed by atoms with Crippen LogP contribution in [-0.4, -0.2) is 33.4 Å². The van der Waals surface area contributed by atoms with Gasteiger partial charge in [0.05, 0.1) is 4.90 Å². The maximum Gasteiger partial charge on any atom is 0.333 e. The molecule has 0 aromatic heterocycles. The number of amides is 2. The number of anilines is 1. The highest BCUT2D eigenvalue weighted by Crippen LogP contribution is 2.38. The molecule has 0 atom stereocenters. The van der Waals surface area contributed by atoms with Gasteiger partial charge in [-0.2, -0.15) is 0 Å². The van der Waals surface area contributed by atoms with Crippen molar-refractivity contribution in [3.63, 3.8) is 0 Å². The molecule has 0 saturated carbocycles. The van der Waals surface area contributed by atoms with E-state index in [-0.39, 0.29) is 4.90 Å². The van der Waals surface area contributed by atoms with Crippen LogP contribution in [0.1, 0.15) is 40.7 Å². The van der Waals surface area contributed by atoms with Crippen LogP contribution in [0.3, 0.4) is 0 Å². The Hall–Kier alpha value is -2.38. The van der Waals surface area contributed by atoms with Crippen molar-refractivity contribution in [3.05, 3.63) is 58.1 Å². The second-order valence-electron chi connectivity index (χ2n) is 8.18. The van der Waals surface area contributed by atoms with E-state index in [2.05, 4.69) is 16.1 Å². The van der Waals surface area contributed by atoms with E-state index in [9.17, 15) is 13.2 Å². The van der Waals surface area contributed by atoms with Gasteiger partial charge in [-0.05, 0) is 92.6 Å². The summed E-state index contributed by atoms with van der Waals surface area (Å²) in [6, 6.07) is 8.18. The summed E-state index contributed by atoms with van der Waals surface area (Å²) in [5.41, 5.74) is 6.77. The zero-order valence-corrected chi connectivity index (χ0v) is 17.7. The molecule has 2 aliphatic rings. The van der Waals surface area contributed by atoms with Crippen LogP contribution < -0.4 is 10.0 Å². The number of hydrogen-bond acceptors (Lipinski definition) is 4. The van der Waals surface area contributed by atoms with Gasteiger partial charge in [-0.15, -0.1) is 0 Å². The van der Waals surface area contributed by atoms with E-state index in [1.807, 2.05) is 19.0 Å². The lowest BCUT2D eigenvalue weighted by Gasteiger charge is -2.16. The molecule has 2 aromatic rings. The summed E-state index contributed by atoms with van der Waals surface area (Å²) in [7, 11) is -0.0246. The SMILES string of the molecule is CN(C)Cc1ccc(S(=O)(=O)NC(=O)Nc2c3c(cc4c2CCC4)CCC3)cc1. The molecule has 6 nitrogen and oxygen atoms in total. The van der Waals surface area contributed by atoms with E-state index in [4.69, 9.17) is 0 Å². The Morgan fingerprint density at radius 3 is 2.10 bits per heavy atom. The van der Waals surface area contributed by atoms with Gasteiger partial charge in [0.15, 0.2) is 0 Å². The number of carbonyl (C=O) groups is 1. The minimum Gasteiger partial charge on any atom is -0.307 e. The van der Waals surface area contributed by atoms with Crippen LogP contribution in [0.5, 0.6) is 0 Å². The van der Waals surface area contributed by atoms with Gasteiger partial charge in [0.1, 0.15) is 0 Å². The van der Waals surface area contributed by atoms with Crippen molar-refractivity contribution in [3.8, 4) is 0 Å². The zero-order valence-electron chi connectivity index (χ0n) is 16.9. The topological polar surface area (TPSA) is 78.5 Å². The molecule has 0 unspecified atom stereocenters. The van der Waals surface area contributed by atoms with Crippen LogP contribution in [0.4, 0.5) is 10.5 Å². The van der Waals surface area contributed by atoms with Gasteiger partial charge in [-0.25, -0.2) is 17.9 Å². The number of urea groups is 1. The Morgan fingerprint density at radius 2 is 1.55 bits per heavy atom. The molecule has 0 aliphatic heterocycles. The fourth-order valence-corrected chi connectivity index (χ4v) is 5.33. The Balaban J connectivity index is 1.52. The van der Waals surface area contributed by atoms with E-state index in [0.29, 0.717) is 0 Å². The molecule has 29 heavy (non-hydrogen) atoms. The van der Waals surface area contributed by atoms with Crippen LogP contribution in [-0.2, 0) is 42.3 Å². The number of rotatable bonds is 5. The lowest BCUT2D eigenvalue weighted by molar-refractivity contribution is 0.256. The highest BCUT2D eigenvalue weighted by atomic mass is 32.2. The Kier molecular flexibility index (Phi) is 5.36. The number of carbonyl (C=O) groups excluding carboxylic acids is 1. The van der Waals surface area contributed by atoms with E-state index in [1.54, 1.807) is 12.1 Å². The first-order valence-electron chi connectivity index (χ1n) is 10.1. The maximum atomic E-state index is 12.7. The predicted octanol–water partition coefficient (Wildman–Crippen LogP) is 3.24. The molecule has 2 amide bonds. The number of aryl methyl sites for hydroxylation is 2. The summed E-state index contributed by atoms with van der Waals surface area (Å²) in [5, 5.41) is 2.87. The number of benzene rings is 2. The van der Waals surface area contributed by atoms with Crippen LogP contribution in [0, 0.1) is 0 Å². The lowest BCUT2D eigenvalue weighted by Crippen LogP contribution is -2.35. The highest BCUT2D eigenvalue weighted by Gasteiger charge is 2.26. The molecule has 2 N–H and O–H groups in total. The summed E-state index contributed by atoms with van der Waals surface area (Å²) in [5.74, 6) is 0.